The Labute approximate surface area is 155 Å². The van der Waals surface area contributed by atoms with Gasteiger partial charge in [-0.25, -0.2) is 13.2 Å². The molecule has 6 heteroatoms. The third-order valence-corrected chi connectivity index (χ3v) is 5.14. The molecule has 1 N–H and O–H groups in total. The lowest BCUT2D eigenvalue weighted by Crippen LogP contribution is -2.34. The maximum Gasteiger partial charge on any atom is 0.127 e. The monoisotopic (exact) mass is 371 g/mol. The van der Waals surface area contributed by atoms with Crippen LogP contribution in [-0.2, 0) is 6.54 Å². The molecule has 1 aliphatic heterocycles. The SMILES string of the molecule is Fc1ccc(-c2cn[nH]c2C2CCCN(Cc3cc(F)ccc3F)C2)cc1. The van der Waals surface area contributed by atoms with Crippen molar-refractivity contribution in [2.75, 3.05) is 13.1 Å². The zero-order valence-corrected chi connectivity index (χ0v) is 14.8. The van der Waals surface area contributed by atoms with E-state index in [9.17, 15) is 13.2 Å². The molecular weight excluding hydrogens is 351 g/mol. The van der Waals surface area contributed by atoms with Crippen LogP contribution in [0.1, 0.15) is 30.0 Å². The van der Waals surface area contributed by atoms with E-state index in [1.165, 1.54) is 24.3 Å². The van der Waals surface area contributed by atoms with Crippen LogP contribution in [0.15, 0.2) is 48.7 Å². The first-order valence-electron chi connectivity index (χ1n) is 9.05. The summed E-state index contributed by atoms with van der Waals surface area (Å²) in [6, 6.07) is 9.93. The number of piperidine rings is 1. The zero-order valence-electron chi connectivity index (χ0n) is 14.8. The second kappa shape index (κ2) is 7.56. The first-order chi connectivity index (χ1) is 13.1. The number of aromatic nitrogens is 2. The van der Waals surface area contributed by atoms with E-state index in [0.717, 1.165) is 48.8 Å². The summed E-state index contributed by atoms with van der Waals surface area (Å²) in [6.45, 7) is 1.94. The van der Waals surface area contributed by atoms with Crippen LogP contribution in [0.5, 0.6) is 0 Å². The van der Waals surface area contributed by atoms with Gasteiger partial charge in [0.05, 0.1) is 6.20 Å². The maximum absolute atomic E-state index is 14.0. The van der Waals surface area contributed by atoms with Crippen molar-refractivity contribution < 1.29 is 13.2 Å². The minimum atomic E-state index is -0.424. The molecule has 1 unspecified atom stereocenters. The van der Waals surface area contributed by atoms with Crippen LogP contribution in [0.3, 0.4) is 0 Å². The highest BCUT2D eigenvalue weighted by Crippen LogP contribution is 2.33. The van der Waals surface area contributed by atoms with Crippen LogP contribution in [0.2, 0.25) is 0 Å². The Bertz CT molecular complexity index is 921. The van der Waals surface area contributed by atoms with Crippen molar-refractivity contribution in [2.45, 2.75) is 25.3 Å². The number of nitrogens with one attached hydrogen (secondary N) is 1. The fourth-order valence-electron chi connectivity index (χ4n) is 3.81. The van der Waals surface area contributed by atoms with E-state index in [0.29, 0.717) is 12.1 Å². The van der Waals surface area contributed by atoms with Crippen molar-refractivity contribution >= 4 is 0 Å². The molecule has 2 heterocycles. The number of hydrogen-bond donors (Lipinski definition) is 1. The Morgan fingerprint density at radius 2 is 1.81 bits per heavy atom. The molecule has 140 valence electrons. The number of nitrogens with zero attached hydrogens (tertiary/aromatic N) is 2. The summed E-state index contributed by atoms with van der Waals surface area (Å²) >= 11 is 0. The fraction of sp³-hybridized carbons (Fsp3) is 0.286. The molecule has 0 amide bonds. The predicted octanol–water partition coefficient (Wildman–Crippen LogP) is 4.87. The van der Waals surface area contributed by atoms with Gasteiger partial charge in [0.2, 0.25) is 0 Å². The third kappa shape index (κ3) is 3.90. The van der Waals surface area contributed by atoms with E-state index in [1.54, 1.807) is 18.3 Å². The van der Waals surface area contributed by atoms with Gasteiger partial charge in [0, 0.05) is 35.8 Å². The standard InChI is InChI=1S/C21H20F3N3/c22-17-5-3-14(4-6-17)19-11-25-26-21(19)15-2-1-9-27(12-15)13-16-10-18(23)7-8-20(16)24/h3-8,10-11,15H,1-2,9,12-13H2,(H,25,26). The summed E-state index contributed by atoms with van der Waals surface area (Å²) in [4.78, 5) is 2.14. The van der Waals surface area contributed by atoms with Gasteiger partial charge in [-0.1, -0.05) is 12.1 Å². The lowest BCUT2D eigenvalue weighted by atomic mass is 9.90. The molecule has 0 bridgehead atoms. The predicted molar refractivity (Wildman–Crippen MR) is 97.6 cm³/mol. The molecule has 2 aromatic carbocycles. The van der Waals surface area contributed by atoms with E-state index >= 15 is 0 Å². The van der Waals surface area contributed by atoms with Crippen LogP contribution in [-0.4, -0.2) is 28.2 Å². The molecule has 0 aliphatic carbocycles. The summed E-state index contributed by atoms with van der Waals surface area (Å²) < 4.78 is 40.6. The van der Waals surface area contributed by atoms with Crippen LogP contribution in [0.4, 0.5) is 13.2 Å². The van der Waals surface area contributed by atoms with Crippen molar-refractivity contribution in [1.29, 1.82) is 0 Å². The van der Waals surface area contributed by atoms with Crippen LogP contribution >= 0.6 is 0 Å². The van der Waals surface area contributed by atoms with Crippen molar-refractivity contribution in [3.05, 3.63) is 77.4 Å². The summed E-state index contributed by atoms with van der Waals surface area (Å²) in [5, 5.41) is 7.27. The Kier molecular flexibility index (Phi) is 4.99. The zero-order chi connectivity index (χ0) is 18.8. The molecule has 1 fully saturated rings. The van der Waals surface area contributed by atoms with Gasteiger partial charge < -0.3 is 0 Å². The smallest absolute Gasteiger partial charge is 0.127 e. The minimum Gasteiger partial charge on any atom is -0.298 e. The highest BCUT2D eigenvalue weighted by Gasteiger charge is 2.25. The second-order valence-electron chi connectivity index (χ2n) is 7.01. The van der Waals surface area contributed by atoms with Gasteiger partial charge in [0.25, 0.3) is 0 Å². The highest BCUT2D eigenvalue weighted by atomic mass is 19.1. The summed E-state index contributed by atoms with van der Waals surface area (Å²) in [5.41, 5.74) is 3.25. The Morgan fingerprint density at radius 1 is 1.04 bits per heavy atom. The second-order valence-corrected chi connectivity index (χ2v) is 7.01. The van der Waals surface area contributed by atoms with E-state index in [4.69, 9.17) is 0 Å². The topological polar surface area (TPSA) is 31.9 Å². The normalized spacial score (nSPS) is 18.0. The molecule has 1 saturated heterocycles. The number of H-pyrrole nitrogens is 1. The van der Waals surface area contributed by atoms with Gasteiger partial charge in [0.1, 0.15) is 17.5 Å². The molecular formula is C21H20F3N3. The van der Waals surface area contributed by atoms with Gasteiger partial charge in [-0.05, 0) is 55.3 Å². The molecule has 0 spiro atoms. The van der Waals surface area contributed by atoms with Crippen LogP contribution < -0.4 is 0 Å². The fourth-order valence-corrected chi connectivity index (χ4v) is 3.81. The molecule has 0 saturated carbocycles. The number of aromatic amines is 1. The summed E-state index contributed by atoms with van der Waals surface area (Å²) in [5.74, 6) is -0.873. The first kappa shape index (κ1) is 17.8. The van der Waals surface area contributed by atoms with Crippen molar-refractivity contribution in [2.24, 2.45) is 0 Å². The van der Waals surface area contributed by atoms with E-state index in [1.807, 2.05) is 0 Å². The molecule has 1 aromatic heterocycles. The third-order valence-electron chi connectivity index (χ3n) is 5.14. The first-order valence-corrected chi connectivity index (χ1v) is 9.05. The maximum atomic E-state index is 14.0. The van der Waals surface area contributed by atoms with Gasteiger partial charge in [0.15, 0.2) is 0 Å². The average molecular weight is 371 g/mol. The van der Waals surface area contributed by atoms with Gasteiger partial charge in [-0.2, -0.15) is 5.10 Å². The van der Waals surface area contributed by atoms with Gasteiger partial charge in [-0.3, -0.25) is 10.00 Å². The van der Waals surface area contributed by atoms with E-state index in [2.05, 4.69) is 15.1 Å². The van der Waals surface area contributed by atoms with Crippen molar-refractivity contribution in [1.82, 2.24) is 15.1 Å². The molecule has 4 rings (SSSR count). The molecule has 3 aromatic rings. The summed E-state index contributed by atoms with van der Waals surface area (Å²) in [6.07, 6.45) is 3.70. The molecule has 3 nitrogen and oxygen atoms in total. The van der Waals surface area contributed by atoms with E-state index < -0.39 is 5.82 Å². The summed E-state index contributed by atoms with van der Waals surface area (Å²) in [7, 11) is 0. The molecule has 1 atom stereocenters. The molecule has 1 aliphatic rings. The van der Waals surface area contributed by atoms with Crippen LogP contribution in [0, 0.1) is 17.5 Å². The van der Waals surface area contributed by atoms with E-state index in [-0.39, 0.29) is 17.6 Å². The number of halogens is 3. The van der Waals surface area contributed by atoms with Crippen molar-refractivity contribution in [3.63, 3.8) is 0 Å². The lowest BCUT2D eigenvalue weighted by Gasteiger charge is -2.32. The van der Waals surface area contributed by atoms with Crippen molar-refractivity contribution in [3.8, 4) is 11.1 Å². The molecule has 0 radical (unpaired) electrons. The average Bonchev–Trinajstić information content (AvgIpc) is 3.15. The Hall–Kier alpha value is -2.60. The quantitative estimate of drug-likeness (QED) is 0.709. The number of hydrogen-bond acceptors (Lipinski definition) is 2. The Morgan fingerprint density at radius 3 is 2.63 bits per heavy atom. The Balaban J connectivity index is 1.53. The number of benzene rings is 2. The number of rotatable bonds is 4. The largest absolute Gasteiger partial charge is 0.298 e. The van der Waals surface area contributed by atoms with Gasteiger partial charge in [-0.15, -0.1) is 0 Å². The van der Waals surface area contributed by atoms with Gasteiger partial charge >= 0.3 is 0 Å². The van der Waals surface area contributed by atoms with Crippen LogP contribution in [0.25, 0.3) is 11.1 Å². The minimum absolute atomic E-state index is 0.206. The molecule has 27 heavy (non-hydrogen) atoms. The number of likely N-dealkylation sites (tertiary alicyclic amines) is 1. The lowest BCUT2D eigenvalue weighted by molar-refractivity contribution is 0.196. The highest BCUT2D eigenvalue weighted by molar-refractivity contribution is 5.65.